The van der Waals surface area contributed by atoms with Gasteiger partial charge < -0.3 is 10.1 Å². The molecule has 1 aromatic carbocycles. The van der Waals surface area contributed by atoms with Crippen molar-refractivity contribution < 1.29 is 13.9 Å². The van der Waals surface area contributed by atoms with Crippen LogP contribution in [0.2, 0.25) is 0 Å². The molecule has 2 rings (SSSR count). The molecule has 0 saturated carbocycles. The third-order valence-electron chi connectivity index (χ3n) is 2.73. The van der Waals surface area contributed by atoms with E-state index >= 15 is 0 Å². The highest BCUT2D eigenvalue weighted by atomic mass is 79.9. The summed E-state index contributed by atoms with van der Waals surface area (Å²) in [5.74, 6) is -0.845. The molecule has 0 bridgehead atoms. The van der Waals surface area contributed by atoms with Gasteiger partial charge in [-0.3, -0.25) is 10.4 Å². The van der Waals surface area contributed by atoms with Crippen molar-refractivity contribution in [3.8, 4) is 0 Å². The minimum Gasteiger partial charge on any atom is -0.462 e. The third-order valence-corrected chi connectivity index (χ3v) is 3.11. The van der Waals surface area contributed by atoms with Crippen LogP contribution in [0.1, 0.15) is 23.0 Å². The predicted molar refractivity (Wildman–Crippen MR) is 85.6 cm³/mol. The molecule has 0 aliphatic carbocycles. The maximum absolute atomic E-state index is 12.9. The highest BCUT2D eigenvalue weighted by Gasteiger charge is 2.14. The van der Waals surface area contributed by atoms with Gasteiger partial charge in [-0.25, -0.2) is 9.18 Å². The van der Waals surface area contributed by atoms with E-state index in [2.05, 4.69) is 26.2 Å². The first kappa shape index (κ1) is 16.1. The van der Waals surface area contributed by atoms with Crippen LogP contribution in [0.5, 0.6) is 0 Å². The smallest absolute Gasteiger partial charge is 0.339 e. The van der Waals surface area contributed by atoms with Crippen molar-refractivity contribution in [2.75, 3.05) is 11.9 Å². The summed E-state index contributed by atoms with van der Waals surface area (Å²) < 4.78 is 17.9. The number of aromatic nitrogens is 1. The molecular formula is C15H13BrFN3O2. The van der Waals surface area contributed by atoms with Crippen LogP contribution >= 0.6 is 15.9 Å². The standard InChI is InChI=1S/C15H13BrFN3O2/c1-2-22-15(21)9-7-12(13(14(16)18)19-8-9)20-11-5-3-10(17)4-6-11/h3-8,18,20H,2H2,1H3. The van der Waals surface area contributed by atoms with E-state index in [0.717, 1.165) is 0 Å². The second-order valence-corrected chi connectivity index (χ2v) is 5.08. The topological polar surface area (TPSA) is 75.1 Å². The number of rotatable bonds is 5. The van der Waals surface area contributed by atoms with Gasteiger partial charge in [-0.05, 0) is 53.2 Å². The number of pyridine rings is 1. The van der Waals surface area contributed by atoms with Gasteiger partial charge in [0.25, 0.3) is 0 Å². The van der Waals surface area contributed by atoms with Gasteiger partial charge >= 0.3 is 5.97 Å². The van der Waals surface area contributed by atoms with Crippen LogP contribution in [0.4, 0.5) is 15.8 Å². The number of nitrogens with one attached hydrogen (secondary N) is 2. The van der Waals surface area contributed by atoms with Gasteiger partial charge in [0, 0.05) is 11.9 Å². The van der Waals surface area contributed by atoms with Gasteiger partial charge in [0.2, 0.25) is 0 Å². The number of halogens is 2. The van der Waals surface area contributed by atoms with Crippen LogP contribution in [0.25, 0.3) is 0 Å². The molecule has 0 aliphatic rings. The number of hydrogen-bond donors (Lipinski definition) is 2. The normalized spacial score (nSPS) is 10.1. The zero-order valence-corrected chi connectivity index (χ0v) is 13.3. The average Bonchev–Trinajstić information content (AvgIpc) is 2.49. The molecule has 0 spiro atoms. The number of hydrogen-bond acceptors (Lipinski definition) is 5. The predicted octanol–water partition coefficient (Wildman–Crippen LogP) is 3.86. The van der Waals surface area contributed by atoms with Crippen molar-refractivity contribution in [1.29, 1.82) is 5.41 Å². The Bertz CT molecular complexity index is 704. The molecule has 0 radical (unpaired) electrons. The van der Waals surface area contributed by atoms with Crippen LogP contribution < -0.4 is 5.32 Å². The molecule has 114 valence electrons. The van der Waals surface area contributed by atoms with E-state index in [-0.39, 0.29) is 22.6 Å². The lowest BCUT2D eigenvalue weighted by molar-refractivity contribution is 0.0526. The van der Waals surface area contributed by atoms with Crippen molar-refractivity contribution in [3.63, 3.8) is 0 Å². The van der Waals surface area contributed by atoms with Crippen LogP contribution in [-0.4, -0.2) is 22.2 Å². The lowest BCUT2D eigenvalue weighted by atomic mass is 10.2. The lowest BCUT2D eigenvalue weighted by Crippen LogP contribution is -2.09. The van der Waals surface area contributed by atoms with Crippen molar-refractivity contribution in [2.24, 2.45) is 0 Å². The Labute approximate surface area is 135 Å². The van der Waals surface area contributed by atoms with Crippen molar-refractivity contribution in [1.82, 2.24) is 4.98 Å². The van der Waals surface area contributed by atoms with Crippen LogP contribution in [0.3, 0.4) is 0 Å². The van der Waals surface area contributed by atoms with Gasteiger partial charge in [0.05, 0.1) is 17.9 Å². The third kappa shape index (κ3) is 3.88. The van der Waals surface area contributed by atoms with Crippen molar-refractivity contribution in [3.05, 3.63) is 53.6 Å². The van der Waals surface area contributed by atoms with E-state index in [1.165, 1.54) is 18.3 Å². The molecule has 1 heterocycles. The SMILES string of the molecule is CCOC(=O)c1cnc(C(=N)Br)c(Nc2ccc(F)cc2)c1. The molecule has 0 unspecified atom stereocenters. The fraction of sp³-hybridized carbons (Fsp3) is 0.133. The molecule has 0 fully saturated rings. The fourth-order valence-electron chi connectivity index (χ4n) is 1.75. The fourth-order valence-corrected chi connectivity index (χ4v) is 2.07. The van der Waals surface area contributed by atoms with E-state index in [1.807, 2.05) is 0 Å². The quantitative estimate of drug-likeness (QED) is 0.623. The average molecular weight is 366 g/mol. The monoisotopic (exact) mass is 365 g/mol. The summed E-state index contributed by atoms with van der Waals surface area (Å²) >= 11 is 3.06. The van der Waals surface area contributed by atoms with Gasteiger partial charge in [-0.2, -0.15) is 0 Å². The Kier molecular flexibility index (Phi) is 5.21. The van der Waals surface area contributed by atoms with Crippen LogP contribution in [-0.2, 0) is 4.74 Å². The zero-order valence-electron chi connectivity index (χ0n) is 11.7. The second-order valence-electron chi connectivity index (χ2n) is 4.29. The molecule has 2 N–H and O–H groups in total. The number of esters is 1. The lowest BCUT2D eigenvalue weighted by Gasteiger charge is -2.11. The van der Waals surface area contributed by atoms with Gasteiger partial charge in [0.1, 0.15) is 16.1 Å². The van der Waals surface area contributed by atoms with Crippen molar-refractivity contribution >= 4 is 37.9 Å². The first-order valence-electron chi connectivity index (χ1n) is 6.45. The van der Waals surface area contributed by atoms with E-state index in [4.69, 9.17) is 10.1 Å². The Balaban J connectivity index is 2.37. The minimum absolute atomic E-state index is 0.0625. The number of benzene rings is 1. The Morgan fingerprint density at radius 1 is 1.41 bits per heavy atom. The number of nitrogens with zero attached hydrogens (tertiary/aromatic N) is 1. The molecule has 2 aromatic rings. The minimum atomic E-state index is -0.496. The Morgan fingerprint density at radius 3 is 2.68 bits per heavy atom. The maximum Gasteiger partial charge on any atom is 0.339 e. The maximum atomic E-state index is 12.9. The van der Waals surface area contributed by atoms with Crippen LogP contribution in [0.15, 0.2) is 36.5 Å². The Hall–Kier alpha value is -2.28. The molecule has 5 nitrogen and oxygen atoms in total. The van der Waals surface area contributed by atoms with E-state index in [1.54, 1.807) is 25.1 Å². The number of carbonyl (C=O) groups excluding carboxylic acids is 1. The molecule has 1 aromatic heterocycles. The van der Waals surface area contributed by atoms with Crippen LogP contribution in [0, 0.1) is 11.2 Å². The van der Waals surface area contributed by atoms with Gasteiger partial charge in [-0.1, -0.05) is 0 Å². The number of carbonyl (C=O) groups is 1. The van der Waals surface area contributed by atoms with E-state index in [0.29, 0.717) is 17.1 Å². The summed E-state index contributed by atoms with van der Waals surface area (Å²) in [6, 6.07) is 7.26. The van der Waals surface area contributed by atoms with E-state index in [9.17, 15) is 9.18 Å². The molecule has 7 heteroatoms. The molecule has 0 saturated heterocycles. The van der Waals surface area contributed by atoms with E-state index < -0.39 is 5.97 Å². The molecule has 0 amide bonds. The number of anilines is 2. The summed E-state index contributed by atoms with van der Waals surface area (Å²) in [6.07, 6.45) is 1.35. The molecule has 0 aliphatic heterocycles. The first-order chi connectivity index (χ1) is 10.5. The highest BCUT2D eigenvalue weighted by Crippen LogP contribution is 2.23. The molecular weight excluding hydrogens is 353 g/mol. The zero-order chi connectivity index (χ0) is 16.1. The first-order valence-corrected chi connectivity index (χ1v) is 7.24. The summed E-state index contributed by atoms with van der Waals surface area (Å²) in [5, 5.41) is 10.7. The highest BCUT2D eigenvalue weighted by molar-refractivity contribution is 9.18. The summed E-state index contributed by atoms with van der Waals surface area (Å²) in [5.41, 5.74) is 1.65. The van der Waals surface area contributed by atoms with Gasteiger partial charge in [-0.15, -0.1) is 0 Å². The largest absolute Gasteiger partial charge is 0.462 e. The summed E-state index contributed by atoms with van der Waals surface area (Å²) in [7, 11) is 0. The number of ether oxygens (including phenoxy) is 1. The second kappa shape index (κ2) is 7.13. The molecule has 22 heavy (non-hydrogen) atoms. The summed E-state index contributed by atoms with van der Waals surface area (Å²) in [4.78, 5) is 15.9. The van der Waals surface area contributed by atoms with Crippen molar-refractivity contribution in [2.45, 2.75) is 6.92 Å². The molecule has 0 atom stereocenters. The summed E-state index contributed by atoms with van der Waals surface area (Å²) in [6.45, 7) is 1.97. The van der Waals surface area contributed by atoms with Gasteiger partial charge in [0.15, 0.2) is 0 Å². The Morgan fingerprint density at radius 2 is 2.09 bits per heavy atom.